The third-order valence-corrected chi connectivity index (χ3v) is 3.83. The van der Waals surface area contributed by atoms with E-state index in [0.717, 1.165) is 18.5 Å². The van der Waals surface area contributed by atoms with Gasteiger partial charge in [-0.1, -0.05) is 11.6 Å². The van der Waals surface area contributed by atoms with Crippen molar-refractivity contribution < 1.29 is 0 Å². The standard InChI is InChI=1S/C13H19ClN4/c1-9(2)17-13(7-15,11-4-5-11)8-18-10(3)12(14)6-16-18/h6,9,11,17H,4-5,8H2,1-3H3. The van der Waals surface area contributed by atoms with Gasteiger partial charge in [0.05, 0.1) is 29.5 Å². The van der Waals surface area contributed by atoms with Gasteiger partial charge in [0, 0.05) is 6.04 Å². The molecular formula is C13H19ClN4. The molecule has 1 fully saturated rings. The van der Waals surface area contributed by atoms with Crippen LogP contribution in [0.4, 0.5) is 0 Å². The Balaban J connectivity index is 2.25. The van der Waals surface area contributed by atoms with Gasteiger partial charge in [0.1, 0.15) is 5.54 Å². The summed E-state index contributed by atoms with van der Waals surface area (Å²) >= 11 is 6.02. The first kappa shape index (κ1) is 13.4. The van der Waals surface area contributed by atoms with Crippen LogP contribution in [0.3, 0.4) is 0 Å². The Labute approximate surface area is 113 Å². The maximum absolute atomic E-state index is 9.61. The Morgan fingerprint density at radius 1 is 1.67 bits per heavy atom. The van der Waals surface area contributed by atoms with Crippen LogP contribution in [-0.2, 0) is 6.54 Å². The van der Waals surface area contributed by atoms with E-state index in [9.17, 15) is 5.26 Å². The fourth-order valence-electron chi connectivity index (χ4n) is 2.36. The molecule has 1 aliphatic rings. The third kappa shape index (κ3) is 2.52. The van der Waals surface area contributed by atoms with E-state index in [1.54, 1.807) is 6.20 Å². The number of hydrogen-bond donors (Lipinski definition) is 1. The van der Waals surface area contributed by atoms with Crippen LogP contribution >= 0.6 is 11.6 Å². The van der Waals surface area contributed by atoms with Gasteiger partial charge in [-0.3, -0.25) is 10.00 Å². The normalized spacial score (nSPS) is 18.7. The SMILES string of the molecule is Cc1c(Cl)cnn1CC(C#N)(NC(C)C)C1CC1. The topological polar surface area (TPSA) is 53.6 Å². The highest BCUT2D eigenvalue weighted by Gasteiger charge is 2.46. The second-order valence-electron chi connectivity index (χ2n) is 5.39. The number of nitrogens with zero attached hydrogens (tertiary/aromatic N) is 3. The molecule has 0 saturated heterocycles. The van der Waals surface area contributed by atoms with Crippen LogP contribution in [0.25, 0.3) is 0 Å². The van der Waals surface area contributed by atoms with E-state index in [1.807, 2.05) is 11.6 Å². The highest BCUT2D eigenvalue weighted by molar-refractivity contribution is 6.31. The average Bonchev–Trinajstić information content (AvgIpc) is 3.11. The monoisotopic (exact) mass is 266 g/mol. The highest BCUT2D eigenvalue weighted by atomic mass is 35.5. The lowest BCUT2D eigenvalue weighted by Gasteiger charge is -2.30. The molecule has 0 spiro atoms. The summed E-state index contributed by atoms with van der Waals surface area (Å²) in [4.78, 5) is 0. The zero-order valence-electron chi connectivity index (χ0n) is 11.1. The van der Waals surface area contributed by atoms with Gasteiger partial charge in [0.25, 0.3) is 0 Å². The van der Waals surface area contributed by atoms with Gasteiger partial charge in [-0.05, 0) is 39.5 Å². The zero-order chi connectivity index (χ0) is 13.3. The highest BCUT2D eigenvalue weighted by Crippen LogP contribution is 2.41. The van der Waals surface area contributed by atoms with E-state index < -0.39 is 5.54 Å². The van der Waals surface area contributed by atoms with Gasteiger partial charge in [0.2, 0.25) is 0 Å². The summed E-state index contributed by atoms with van der Waals surface area (Å²) in [7, 11) is 0. The summed E-state index contributed by atoms with van der Waals surface area (Å²) in [5, 5.41) is 17.9. The first-order valence-electron chi connectivity index (χ1n) is 6.35. The minimum atomic E-state index is -0.520. The molecular weight excluding hydrogens is 248 g/mol. The second kappa shape index (κ2) is 4.91. The number of hydrogen-bond acceptors (Lipinski definition) is 3. The van der Waals surface area contributed by atoms with Crippen LogP contribution in [0.2, 0.25) is 5.02 Å². The molecule has 0 radical (unpaired) electrons. The Bertz CT molecular complexity index is 470. The molecule has 1 heterocycles. The molecule has 1 aliphatic carbocycles. The molecule has 4 nitrogen and oxygen atoms in total. The van der Waals surface area contributed by atoms with E-state index in [4.69, 9.17) is 11.6 Å². The summed E-state index contributed by atoms with van der Waals surface area (Å²) in [5.74, 6) is 0.423. The largest absolute Gasteiger partial charge is 0.295 e. The molecule has 2 rings (SSSR count). The van der Waals surface area contributed by atoms with Crippen molar-refractivity contribution in [3.05, 3.63) is 16.9 Å². The van der Waals surface area contributed by atoms with Crippen LogP contribution in [0.5, 0.6) is 0 Å². The van der Waals surface area contributed by atoms with Gasteiger partial charge in [-0.15, -0.1) is 0 Å². The Hall–Kier alpha value is -1.05. The molecule has 1 saturated carbocycles. The molecule has 1 N–H and O–H groups in total. The van der Waals surface area contributed by atoms with Crippen molar-refractivity contribution in [2.75, 3.05) is 0 Å². The van der Waals surface area contributed by atoms with Crippen LogP contribution in [0.15, 0.2) is 6.20 Å². The predicted molar refractivity (Wildman–Crippen MR) is 71.3 cm³/mol. The van der Waals surface area contributed by atoms with Crippen LogP contribution in [-0.4, -0.2) is 21.4 Å². The first-order chi connectivity index (χ1) is 8.48. The maximum Gasteiger partial charge on any atom is 0.129 e. The number of halogens is 1. The molecule has 0 bridgehead atoms. The van der Waals surface area contributed by atoms with Crippen LogP contribution in [0, 0.1) is 24.2 Å². The van der Waals surface area contributed by atoms with Gasteiger partial charge in [-0.25, -0.2) is 0 Å². The van der Waals surface area contributed by atoms with Gasteiger partial charge >= 0.3 is 0 Å². The third-order valence-electron chi connectivity index (χ3n) is 3.46. The van der Waals surface area contributed by atoms with Gasteiger partial charge < -0.3 is 0 Å². The fraction of sp³-hybridized carbons (Fsp3) is 0.692. The number of nitrogens with one attached hydrogen (secondary N) is 1. The van der Waals surface area contributed by atoms with Crippen molar-refractivity contribution in [1.82, 2.24) is 15.1 Å². The van der Waals surface area contributed by atoms with Crippen molar-refractivity contribution in [1.29, 1.82) is 5.26 Å². The summed E-state index contributed by atoms with van der Waals surface area (Å²) in [5.41, 5.74) is 0.399. The minimum absolute atomic E-state index is 0.275. The summed E-state index contributed by atoms with van der Waals surface area (Å²) < 4.78 is 1.83. The Morgan fingerprint density at radius 2 is 2.33 bits per heavy atom. The summed E-state index contributed by atoms with van der Waals surface area (Å²) in [6, 6.07) is 2.75. The van der Waals surface area contributed by atoms with E-state index >= 15 is 0 Å². The zero-order valence-corrected chi connectivity index (χ0v) is 11.8. The fourth-order valence-corrected chi connectivity index (χ4v) is 2.50. The van der Waals surface area contributed by atoms with Crippen molar-refractivity contribution >= 4 is 11.6 Å². The molecule has 98 valence electrons. The molecule has 0 aliphatic heterocycles. The minimum Gasteiger partial charge on any atom is -0.295 e. The van der Waals surface area contributed by atoms with Gasteiger partial charge in [0.15, 0.2) is 0 Å². The molecule has 0 amide bonds. The first-order valence-corrected chi connectivity index (χ1v) is 6.73. The van der Waals surface area contributed by atoms with E-state index in [-0.39, 0.29) is 6.04 Å². The number of nitriles is 1. The Morgan fingerprint density at radius 3 is 2.72 bits per heavy atom. The lowest BCUT2D eigenvalue weighted by molar-refractivity contribution is 0.282. The number of aromatic nitrogens is 2. The quantitative estimate of drug-likeness (QED) is 0.891. The predicted octanol–water partition coefficient (Wildman–Crippen LogP) is 2.52. The summed E-state index contributed by atoms with van der Waals surface area (Å²) in [6.45, 7) is 6.62. The van der Waals surface area contributed by atoms with E-state index in [0.29, 0.717) is 17.5 Å². The molecule has 1 aromatic rings. The second-order valence-corrected chi connectivity index (χ2v) is 5.80. The van der Waals surface area contributed by atoms with E-state index in [1.165, 1.54) is 0 Å². The molecule has 0 aromatic carbocycles. The van der Waals surface area contributed by atoms with Crippen molar-refractivity contribution in [3.8, 4) is 6.07 Å². The van der Waals surface area contributed by atoms with Gasteiger partial charge in [-0.2, -0.15) is 10.4 Å². The number of rotatable bonds is 5. The molecule has 5 heteroatoms. The molecule has 1 aromatic heterocycles. The Kier molecular flexibility index (Phi) is 3.65. The average molecular weight is 267 g/mol. The van der Waals surface area contributed by atoms with Crippen molar-refractivity contribution in [2.24, 2.45) is 5.92 Å². The summed E-state index contributed by atoms with van der Waals surface area (Å²) in [6.07, 6.45) is 3.87. The smallest absolute Gasteiger partial charge is 0.129 e. The molecule has 1 atom stereocenters. The van der Waals surface area contributed by atoms with Crippen molar-refractivity contribution in [2.45, 2.75) is 51.7 Å². The van der Waals surface area contributed by atoms with Crippen LogP contribution < -0.4 is 5.32 Å². The molecule has 18 heavy (non-hydrogen) atoms. The maximum atomic E-state index is 9.61. The van der Waals surface area contributed by atoms with Crippen molar-refractivity contribution in [3.63, 3.8) is 0 Å². The van der Waals surface area contributed by atoms with E-state index in [2.05, 4.69) is 30.3 Å². The lowest BCUT2D eigenvalue weighted by atomic mass is 9.93. The molecule has 1 unspecified atom stereocenters. The lowest BCUT2D eigenvalue weighted by Crippen LogP contribution is -2.52. The van der Waals surface area contributed by atoms with Crippen LogP contribution in [0.1, 0.15) is 32.4 Å².